The van der Waals surface area contributed by atoms with Crippen LogP contribution in [0, 0.1) is 0 Å². The van der Waals surface area contributed by atoms with Gasteiger partial charge in [-0.1, -0.05) is 18.2 Å². The van der Waals surface area contributed by atoms with Crippen molar-refractivity contribution in [1.82, 2.24) is 9.88 Å². The Kier molecular flexibility index (Phi) is 3.37. The van der Waals surface area contributed by atoms with Gasteiger partial charge in [0.15, 0.2) is 0 Å². The molecular weight excluding hydrogens is 250 g/mol. The van der Waals surface area contributed by atoms with Gasteiger partial charge >= 0.3 is 0 Å². The van der Waals surface area contributed by atoms with Gasteiger partial charge in [-0.3, -0.25) is 9.78 Å². The van der Waals surface area contributed by atoms with Crippen molar-refractivity contribution < 1.29 is 4.79 Å². The topological polar surface area (TPSA) is 59.2 Å². The van der Waals surface area contributed by atoms with Crippen LogP contribution in [0.5, 0.6) is 0 Å². The predicted molar refractivity (Wildman–Crippen MR) is 78.0 cm³/mol. The quantitative estimate of drug-likeness (QED) is 0.866. The number of amides is 1. The molecule has 4 heteroatoms. The van der Waals surface area contributed by atoms with Crippen LogP contribution in [0.2, 0.25) is 0 Å². The van der Waals surface area contributed by atoms with Crippen molar-refractivity contribution in [3.05, 3.63) is 59.9 Å². The number of carbonyl (C=O) groups is 1. The smallest absolute Gasteiger partial charge is 0.255 e. The molecule has 2 aromatic rings. The third-order valence-corrected chi connectivity index (χ3v) is 3.55. The lowest BCUT2D eigenvalue weighted by Gasteiger charge is -2.23. The number of nitrogens with two attached hydrogens (primary N) is 1. The van der Waals surface area contributed by atoms with Crippen molar-refractivity contribution >= 4 is 11.6 Å². The number of nitrogens with zero attached hydrogens (tertiary/aromatic N) is 2. The summed E-state index contributed by atoms with van der Waals surface area (Å²) in [5.74, 6) is 0.0313. The van der Waals surface area contributed by atoms with E-state index >= 15 is 0 Å². The summed E-state index contributed by atoms with van der Waals surface area (Å²) < 4.78 is 0. The summed E-state index contributed by atoms with van der Waals surface area (Å²) in [5, 5.41) is 0. The minimum absolute atomic E-state index is 0.0313. The monoisotopic (exact) mass is 267 g/mol. The van der Waals surface area contributed by atoms with E-state index in [-0.39, 0.29) is 5.91 Å². The van der Waals surface area contributed by atoms with E-state index in [2.05, 4.69) is 4.98 Å². The summed E-state index contributed by atoms with van der Waals surface area (Å²) in [6.07, 6.45) is 5.43. The SMILES string of the molecule is Nc1ccccc1CN(C(=O)c1cccnc1)C1CC1. The van der Waals surface area contributed by atoms with E-state index in [1.807, 2.05) is 29.2 Å². The molecule has 1 fully saturated rings. The minimum Gasteiger partial charge on any atom is -0.398 e. The van der Waals surface area contributed by atoms with Crippen molar-refractivity contribution in [1.29, 1.82) is 0 Å². The highest BCUT2D eigenvalue weighted by Gasteiger charge is 2.33. The highest BCUT2D eigenvalue weighted by atomic mass is 16.2. The number of rotatable bonds is 4. The Morgan fingerprint density at radius 3 is 2.70 bits per heavy atom. The van der Waals surface area contributed by atoms with Gasteiger partial charge in [-0.2, -0.15) is 0 Å². The Balaban J connectivity index is 1.83. The zero-order valence-corrected chi connectivity index (χ0v) is 11.2. The van der Waals surface area contributed by atoms with Crippen LogP contribution >= 0.6 is 0 Å². The van der Waals surface area contributed by atoms with E-state index in [1.54, 1.807) is 24.5 Å². The van der Waals surface area contributed by atoms with E-state index in [4.69, 9.17) is 5.73 Å². The minimum atomic E-state index is 0.0313. The molecule has 1 heterocycles. The number of carbonyl (C=O) groups excluding carboxylic acids is 1. The summed E-state index contributed by atoms with van der Waals surface area (Å²) in [5.41, 5.74) is 8.34. The summed E-state index contributed by atoms with van der Waals surface area (Å²) in [4.78, 5) is 18.5. The second-order valence-corrected chi connectivity index (χ2v) is 5.10. The number of hydrogen-bond donors (Lipinski definition) is 1. The molecule has 20 heavy (non-hydrogen) atoms. The lowest BCUT2D eigenvalue weighted by atomic mass is 10.1. The summed E-state index contributed by atoms with van der Waals surface area (Å²) in [7, 11) is 0. The fourth-order valence-corrected chi connectivity index (χ4v) is 2.27. The molecule has 4 nitrogen and oxygen atoms in total. The lowest BCUT2D eigenvalue weighted by molar-refractivity contribution is 0.0730. The van der Waals surface area contributed by atoms with Crippen molar-refractivity contribution in [3.8, 4) is 0 Å². The number of benzene rings is 1. The van der Waals surface area contributed by atoms with Crippen LogP contribution < -0.4 is 5.73 Å². The van der Waals surface area contributed by atoms with Crippen molar-refractivity contribution in [2.75, 3.05) is 5.73 Å². The highest BCUT2D eigenvalue weighted by molar-refractivity contribution is 5.94. The second kappa shape index (κ2) is 5.33. The van der Waals surface area contributed by atoms with Crippen LogP contribution in [0.15, 0.2) is 48.8 Å². The van der Waals surface area contributed by atoms with Crippen molar-refractivity contribution in [2.24, 2.45) is 0 Å². The van der Waals surface area contributed by atoms with E-state index in [0.717, 1.165) is 24.1 Å². The third-order valence-electron chi connectivity index (χ3n) is 3.55. The molecular formula is C16H17N3O. The number of anilines is 1. The summed E-state index contributed by atoms with van der Waals surface area (Å²) in [6.45, 7) is 0.561. The molecule has 102 valence electrons. The third kappa shape index (κ3) is 2.64. The van der Waals surface area contributed by atoms with Crippen LogP contribution in [-0.2, 0) is 6.54 Å². The fraction of sp³-hybridized carbons (Fsp3) is 0.250. The Morgan fingerprint density at radius 2 is 2.05 bits per heavy atom. The molecule has 0 radical (unpaired) electrons. The molecule has 0 bridgehead atoms. The maximum atomic E-state index is 12.6. The zero-order chi connectivity index (χ0) is 13.9. The molecule has 1 aliphatic rings. The lowest BCUT2D eigenvalue weighted by Crippen LogP contribution is -2.32. The average molecular weight is 267 g/mol. The van der Waals surface area contributed by atoms with Gasteiger partial charge in [0.2, 0.25) is 0 Å². The molecule has 1 aromatic heterocycles. The van der Waals surface area contributed by atoms with Gasteiger partial charge < -0.3 is 10.6 Å². The van der Waals surface area contributed by atoms with Gasteiger partial charge in [-0.25, -0.2) is 0 Å². The summed E-state index contributed by atoms with van der Waals surface area (Å²) in [6, 6.07) is 11.6. The zero-order valence-electron chi connectivity index (χ0n) is 11.2. The Bertz CT molecular complexity index is 608. The molecule has 0 unspecified atom stereocenters. The van der Waals surface area contributed by atoms with Gasteiger partial charge in [-0.15, -0.1) is 0 Å². The van der Waals surface area contributed by atoms with Gasteiger partial charge in [-0.05, 0) is 36.6 Å². The van der Waals surface area contributed by atoms with E-state index < -0.39 is 0 Å². The first-order valence-corrected chi connectivity index (χ1v) is 6.80. The van der Waals surface area contributed by atoms with E-state index in [1.165, 1.54) is 0 Å². The van der Waals surface area contributed by atoms with Gasteiger partial charge in [0.05, 0.1) is 5.56 Å². The van der Waals surface area contributed by atoms with Gasteiger partial charge in [0.25, 0.3) is 5.91 Å². The fourth-order valence-electron chi connectivity index (χ4n) is 2.27. The molecule has 3 rings (SSSR count). The molecule has 0 atom stereocenters. The first-order valence-electron chi connectivity index (χ1n) is 6.80. The maximum Gasteiger partial charge on any atom is 0.255 e. The Morgan fingerprint density at radius 1 is 1.25 bits per heavy atom. The Labute approximate surface area is 118 Å². The second-order valence-electron chi connectivity index (χ2n) is 5.10. The molecule has 0 saturated heterocycles. The van der Waals surface area contributed by atoms with Crippen molar-refractivity contribution in [3.63, 3.8) is 0 Å². The van der Waals surface area contributed by atoms with Crippen LogP contribution in [0.25, 0.3) is 0 Å². The van der Waals surface area contributed by atoms with Gasteiger partial charge in [0.1, 0.15) is 0 Å². The molecule has 1 aliphatic carbocycles. The maximum absolute atomic E-state index is 12.6. The normalized spacial score (nSPS) is 14.0. The number of nitrogen functional groups attached to an aromatic ring is 1. The molecule has 1 amide bonds. The van der Waals surface area contributed by atoms with Crippen LogP contribution in [0.3, 0.4) is 0 Å². The van der Waals surface area contributed by atoms with E-state index in [0.29, 0.717) is 18.2 Å². The number of aromatic nitrogens is 1. The number of pyridine rings is 1. The number of hydrogen-bond acceptors (Lipinski definition) is 3. The van der Waals surface area contributed by atoms with Crippen LogP contribution in [0.4, 0.5) is 5.69 Å². The predicted octanol–water partition coefficient (Wildman–Crippen LogP) is 2.47. The molecule has 1 saturated carbocycles. The van der Waals surface area contributed by atoms with Crippen LogP contribution in [-0.4, -0.2) is 21.8 Å². The molecule has 2 N–H and O–H groups in total. The first kappa shape index (κ1) is 12.7. The molecule has 0 aliphatic heterocycles. The first-order chi connectivity index (χ1) is 9.75. The van der Waals surface area contributed by atoms with Crippen LogP contribution in [0.1, 0.15) is 28.8 Å². The average Bonchev–Trinajstić information content (AvgIpc) is 3.31. The Hall–Kier alpha value is -2.36. The largest absolute Gasteiger partial charge is 0.398 e. The molecule has 0 spiro atoms. The van der Waals surface area contributed by atoms with E-state index in [9.17, 15) is 4.79 Å². The summed E-state index contributed by atoms with van der Waals surface area (Å²) >= 11 is 0. The number of para-hydroxylation sites is 1. The molecule has 1 aromatic carbocycles. The standard InChI is InChI=1S/C16H17N3O/c17-15-6-2-1-4-13(15)11-19(14-7-8-14)16(20)12-5-3-9-18-10-12/h1-6,9-10,14H,7-8,11,17H2. The van der Waals surface area contributed by atoms with Gasteiger partial charge in [0, 0.05) is 30.7 Å². The van der Waals surface area contributed by atoms with Crippen molar-refractivity contribution in [2.45, 2.75) is 25.4 Å². The highest BCUT2D eigenvalue weighted by Crippen LogP contribution is 2.30.